The van der Waals surface area contributed by atoms with Gasteiger partial charge in [-0.1, -0.05) is 29.8 Å². The number of aliphatic imine (C=N–C) groups is 1. The van der Waals surface area contributed by atoms with E-state index < -0.39 is 11.7 Å². The number of halogens is 4. The average Bonchev–Trinajstić information content (AvgIpc) is 2.78. The zero-order valence-corrected chi connectivity index (χ0v) is 13.2. The third-order valence-electron chi connectivity index (χ3n) is 3.72. The SMILES string of the molecule is Cn1c(O)c(C=Nc2cc(C(F)(F)F)ccc2Cl)c2ccccc21. The van der Waals surface area contributed by atoms with E-state index >= 15 is 0 Å². The van der Waals surface area contributed by atoms with Crippen LogP contribution in [0.4, 0.5) is 18.9 Å². The van der Waals surface area contributed by atoms with E-state index in [0.29, 0.717) is 5.56 Å². The maximum absolute atomic E-state index is 12.8. The van der Waals surface area contributed by atoms with Crippen LogP contribution >= 0.6 is 11.6 Å². The van der Waals surface area contributed by atoms with Crippen molar-refractivity contribution < 1.29 is 18.3 Å². The van der Waals surface area contributed by atoms with Crippen molar-refractivity contribution in [1.82, 2.24) is 4.57 Å². The Morgan fingerprint density at radius 1 is 1.17 bits per heavy atom. The van der Waals surface area contributed by atoms with Crippen LogP contribution in [0.25, 0.3) is 10.9 Å². The Bertz CT molecular complexity index is 945. The molecule has 0 unspecified atom stereocenters. The molecule has 0 radical (unpaired) electrons. The number of aromatic nitrogens is 1. The molecule has 1 N–H and O–H groups in total. The predicted octanol–water partition coefficient (Wildman–Crippen LogP) is 5.31. The number of fused-ring (bicyclic) bond motifs is 1. The topological polar surface area (TPSA) is 37.5 Å². The molecule has 3 rings (SSSR count). The number of para-hydroxylation sites is 1. The van der Waals surface area contributed by atoms with Gasteiger partial charge in [-0.05, 0) is 24.3 Å². The molecule has 3 nitrogen and oxygen atoms in total. The molecule has 7 heteroatoms. The van der Waals surface area contributed by atoms with Gasteiger partial charge in [-0.3, -0.25) is 4.99 Å². The van der Waals surface area contributed by atoms with Gasteiger partial charge in [0.2, 0.25) is 5.88 Å². The lowest BCUT2D eigenvalue weighted by Gasteiger charge is -2.07. The number of aromatic hydroxyl groups is 1. The summed E-state index contributed by atoms with van der Waals surface area (Å²) < 4.78 is 40.0. The van der Waals surface area contributed by atoms with Gasteiger partial charge in [0.25, 0.3) is 0 Å². The van der Waals surface area contributed by atoms with Gasteiger partial charge in [-0.2, -0.15) is 13.2 Å². The number of rotatable bonds is 2. The first-order valence-electron chi connectivity index (χ1n) is 6.96. The second kappa shape index (κ2) is 5.87. The quantitative estimate of drug-likeness (QED) is 0.624. The highest BCUT2D eigenvalue weighted by molar-refractivity contribution is 6.33. The standard InChI is InChI=1S/C17H12ClF3N2O/c1-23-15-5-3-2-4-11(15)12(16(23)24)9-22-14-8-10(17(19,20)21)6-7-13(14)18/h2-9,24H,1H3. The van der Waals surface area contributed by atoms with Gasteiger partial charge < -0.3 is 9.67 Å². The maximum Gasteiger partial charge on any atom is 0.416 e. The Morgan fingerprint density at radius 3 is 2.58 bits per heavy atom. The third-order valence-corrected chi connectivity index (χ3v) is 4.04. The zero-order valence-electron chi connectivity index (χ0n) is 12.5. The van der Waals surface area contributed by atoms with E-state index in [1.807, 2.05) is 12.1 Å². The van der Waals surface area contributed by atoms with Crippen molar-refractivity contribution in [2.45, 2.75) is 6.18 Å². The molecule has 1 aromatic heterocycles. The van der Waals surface area contributed by atoms with Gasteiger partial charge in [0, 0.05) is 18.6 Å². The first kappa shape index (κ1) is 16.4. The largest absolute Gasteiger partial charge is 0.494 e. The molecule has 0 bridgehead atoms. The van der Waals surface area contributed by atoms with E-state index in [1.165, 1.54) is 6.21 Å². The van der Waals surface area contributed by atoms with E-state index in [4.69, 9.17) is 11.6 Å². The van der Waals surface area contributed by atoms with Crippen LogP contribution in [0.3, 0.4) is 0 Å². The molecular weight excluding hydrogens is 341 g/mol. The van der Waals surface area contributed by atoms with Crippen molar-refractivity contribution in [3.05, 3.63) is 58.6 Å². The highest BCUT2D eigenvalue weighted by atomic mass is 35.5. The molecule has 124 valence electrons. The Hall–Kier alpha value is -2.47. The van der Waals surface area contributed by atoms with E-state index in [-0.39, 0.29) is 16.6 Å². The van der Waals surface area contributed by atoms with Gasteiger partial charge in [0.15, 0.2) is 0 Å². The highest BCUT2D eigenvalue weighted by Crippen LogP contribution is 2.35. The van der Waals surface area contributed by atoms with Crippen molar-refractivity contribution in [2.75, 3.05) is 0 Å². The van der Waals surface area contributed by atoms with Crippen LogP contribution in [-0.2, 0) is 13.2 Å². The van der Waals surface area contributed by atoms with Crippen molar-refractivity contribution in [3.63, 3.8) is 0 Å². The molecule has 0 fully saturated rings. The Labute approximate surface area is 140 Å². The minimum absolute atomic E-state index is 0.0150. The van der Waals surface area contributed by atoms with E-state index in [2.05, 4.69) is 4.99 Å². The maximum atomic E-state index is 12.8. The van der Waals surface area contributed by atoms with Crippen LogP contribution in [0.15, 0.2) is 47.5 Å². The third kappa shape index (κ3) is 2.85. The molecule has 3 aromatic rings. The fraction of sp³-hybridized carbons (Fsp3) is 0.118. The van der Waals surface area contributed by atoms with Crippen molar-refractivity contribution in [1.29, 1.82) is 0 Å². The predicted molar refractivity (Wildman–Crippen MR) is 88.3 cm³/mol. The molecule has 0 saturated carbocycles. The smallest absolute Gasteiger partial charge is 0.416 e. The molecule has 0 aliphatic carbocycles. The van der Waals surface area contributed by atoms with Crippen LogP contribution in [-0.4, -0.2) is 15.9 Å². The Kier molecular flexibility index (Phi) is 4.01. The van der Waals surface area contributed by atoms with Crippen LogP contribution in [0.5, 0.6) is 5.88 Å². The fourth-order valence-electron chi connectivity index (χ4n) is 2.46. The second-order valence-corrected chi connectivity index (χ2v) is 5.64. The first-order valence-corrected chi connectivity index (χ1v) is 7.34. The zero-order chi connectivity index (χ0) is 17.5. The van der Waals surface area contributed by atoms with Crippen molar-refractivity contribution >= 4 is 34.4 Å². The molecular formula is C17H12ClF3N2O. The number of benzene rings is 2. The van der Waals surface area contributed by atoms with E-state index in [9.17, 15) is 18.3 Å². The monoisotopic (exact) mass is 352 g/mol. The van der Waals surface area contributed by atoms with Gasteiger partial charge in [0.1, 0.15) is 0 Å². The Morgan fingerprint density at radius 2 is 1.88 bits per heavy atom. The van der Waals surface area contributed by atoms with Crippen molar-refractivity contribution in [3.8, 4) is 5.88 Å². The highest BCUT2D eigenvalue weighted by Gasteiger charge is 2.30. The lowest BCUT2D eigenvalue weighted by atomic mass is 10.1. The van der Waals surface area contributed by atoms with Gasteiger partial charge in [-0.15, -0.1) is 0 Å². The summed E-state index contributed by atoms with van der Waals surface area (Å²) in [4.78, 5) is 4.04. The summed E-state index contributed by atoms with van der Waals surface area (Å²) in [5.41, 5.74) is 0.355. The number of aryl methyl sites for hydroxylation is 1. The lowest BCUT2D eigenvalue weighted by molar-refractivity contribution is -0.137. The molecule has 0 atom stereocenters. The van der Waals surface area contributed by atoms with Crippen LogP contribution in [0.1, 0.15) is 11.1 Å². The number of nitrogens with zero attached hydrogens (tertiary/aromatic N) is 2. The van der Waals surface area contributed by atoms with Crippen LogP contribution < -0.4 is 0 Å². The van der Waals surface area contributed by atoms with Crippen LogP contribution in [0, 0.1) is 0 Å². The molecule has 0 aliphatic heterocycles. The minimum Gasteiger partial charge on any atom is -0.494 e. The normalized spacial score (nSPS) is 12.4. The van der Waals surface area contributed by atoms with Crippen LogP contribution in [0.2, 0.25) is 5.02 Å². The molecule has 2 aromatic carbocycles. The molecule has 0 saturated heterocycles. The van der Waals surface area contributed by atoms with Gasteiger partial charge in [0.05, 0.1) is 27.4 Å². The Balaban J connectivity index is 2.08. The van der Waals surface area contributed by atoms with Gasteiger partial charge in [-0.25, -0.2) is 0 Å². The number of hydrogen-bond acceptors (Lipinski definition) is 2. The molecule has 0 amide bonds. The molecule has 0 aliphatic rings. The first-order chi connectivity index (χ1) is 11.3. The summed E-state index contributed by atoms with van der Waals surface area (Å²) in [6, 6.07) is 10.2. The molecule has 1 heterocycles. The summed E-state index contributed by atoms with van der Waals surface area (Å²) >= 11 is 5.93. The molecule has 24 heavy (non-hydrogen) atoms. The molecule has 0 spiro atoms. The van der Waals surface area contributed by atoms with E-state index in [1.54, 1.807) is 23.7 Å². The summed E-state index contributed by atoms with van der Waals surface area (Å²) in [6.45, 7) is 0. The summed E-state index contributed by atoms with van der Waals surface area (Å²) in [6.07, 6.45) is -3.16. The number of alkyl halides is 3. The summed E-state index contributed by atoms with van der Waals surface area (Å²) in [5.74, 6) is -0.0250. The lowest BCUT2D eigenvalue weighted by Crippen LogP contribution is -2.04. The summed E-state index contributed by atoms with van der Waals surface area (Å²) in [7, 11) is 1.69. The average molecular weight is 353 g/mol. The fourth-order valence-corrected chi connectivity index (χ4v) is 2.62. The number of hydrogen-bond donors (Lipinski definition) is 1. The second-order valence-electron chi connectivity index (χ2n) is 5.24. The summed E-state index contributed by atoms with van der Waals surface area (Å²) in [5, 5.41) is 11.0. The van der Waals surface area contributed by atoms with E-state index in [0.717, 1.165) is 29.1 Å². The van der Waals surface area contributed by atoms with Crippen molar-refractivity contribution in [2.24, 2.45) is 12.0 Å². The van der Waals surface area contributed by atoms with Gasteiger partial charge >= 0.3 is 6.18 Å². The minimum atomic E-state index is -4.48.